The molecule has 1 spiro atoms. The molecule has 20 heteroatoms. The Balaban J connectivity index is 0.856. The molecule has 4 N–H and O–H groups in total. The van der Waals surface area contributed by atoms with Crippen molar-refractivity contribution in [2.75, 3.05) is 63.7 Å². The lowest BCUT2D eigenvalue weighted by atomic mass is 9.59. The van der Waals surface area contributed by atoms with E-state index in [9.17, 15) is 32.8 Å². The quantitative estimate of drug-likeness (QED) is 0.0534. The van der Waals surface area contributed by atoms with Gasteiger partial charge in [-0.1, -0.05) is 38.1 Å². The number of amides is 1. The molecule has 5 aliphatic rings. The van der Waals surface area contributed by atoms with Crippen LogP contribution in [-0.4, -0.2) is 126 Å². The van der Waals surface area contributed by atoms with Crippen LogP contribution in [0, 0.1) is 27.3 Å². The third-order valence-electron chi connectivity index (χ3n) is 17.4. The van der Waals surface area contributed by atoms with Crippen molar-refractivity contribution in [1.29, 1.82) is 0 Å². The number of piperazine rings is 1. The molecule has 2 saturated heterocycles. The minimum Gasteiger partial charge on any atom is -0.478 e. The molecule has 1 amide bonds. The van der Waals surface area contributed by atoms with E-state index in [0.717, 1.165) is 95.4 Å². The molecule has 5 aromatic rings. The Bertz CT molecular complexity index is 3030. The number of nitrogens with one attached hydrogen (secondary N) is 3. The Morgan fingerprint density at radius 1 is 0.961 bits per heavy atom. The molecule has 2 aliphatic heterocycles. The zero-order chi connectivity index (χ0) is 53.5. The van der Waals surface area contributed by atoms with Crippen molar-refractivity contribution in [2.45, 2.75) is 138 Å². The van der Waals surface area contributed by atoms with Crippen LogP contribution in [0.5, 0.6) is 17.4 Å². The number of nitrogens with zero attached hydrogens (tertiary/aromatic N) is 6. The van der Waals surface area contributed by atoms with Gasteiger partial charge in [-0.15, -0.1) is 0 Å². The first-order valence-electron chi connectivity index (χ1n) is 27.0. The Kier molecular flexibility index (Phi) is 15.4. The fourth-order valence-electron chi connectivity index (χ4n) is 12.8. The molecule has 18 nitrogen and oxygen atoms in total. The normalized spacial score (nSPS) is 24.6. The van der Waals surface area contributed by atoms with Gasteiger partial charge in [-0.3, -0.25) is 24.7 Å². The van der Waals surface area contributed by atoms with E-state index in [1.54, 1.807) is 19.1 Å². The van der Waals surface area contributed by atoms with Gasteiger partial charge in [0.2, 0.25) is 5.82 Å². The second-order valence-electron chi connectivity index (χ2n) is 22.6. The summed E-state index contributed by atoms with van der Waals surface area (Å²) in [5, 5.41) is 25.7. The molecule has 10 rings (SSSR count). The predicted octanol–water partition coefficient (Wildman–Crippen LogP) is 9.47. The first-order valence-corrected chi connectivity index (χ1v) is 28.5. The molecule has 3 saturated carbocycles. The van der Waals surface area contributed by atoms with Gasteiger partial charge in [0.25, 0.3) is 21.8 Å². The Hall–Kier alpha value is -5.93. The van der Waals surface area contributed by atoms with Crippen LogP contribution in [0.25, 0.3) is 11.0 Å². The standard InChI is InChI=1S/C56H72FN9O9S/c1-35(2)42-8-6-7-9-43(42)48-34-64(37-10-13-40(73-4)14-11-37)24-25-65(48)39-29-56(30-39)20-22-63(23-21-56)38-12-15-44(49(26-38)75-50-28-45-46(57)33-60-51(45)61-54(50)74-5)53(67)62-76(71,72)41-27-47(66(69)70)52(59-32-41)58-31-36-16-18-55(3,68)19-17-36/h6-9,12,15,26-28,32-33,35-37,39-40,48,68H,10-11,13-14,16-25,29-31,34H2,1-5H3,(H,58,59)(H,60,61)(H,62,67)/t36?,37?,40?,48-,55?/m0/s1. The van der Waals surface area contributed by atoms with Gasteiger partial charge in [0.1, 0.15) is 22.1 Å². The molecule has 0 unspecified atom stereocenters. The van der Waals surface area contributed by atoms with E-state index in [0.29, 0.717) is 62.4 Å². The van der Waals surface area contributed by atoms with Gasteiger partial charge in [0.05, 0.1) is 40.9 Å². The number of ether oxygens (including phenoxy) is 3. The zero-order valence-corrected chi connectivity index (χ0v) is 45.0. The Morgan fingerprint density at radius 2 is 1.70 bits per heavy atom. The first-order chi connectivity index (χ1) is 36.4. The molecule has 0 radical (unpaired) electrons. The predicted molar refractivity (Wildman–Crippen MR) is 287 cm³/mol. The molecule has 408 valence electrons. The number of H-pyrrole nitrogens is 1. The topological polar surface area (TPSA) is 218 Å². The van der Waals surface area contributed by atoms with E-state index < -0.39 is 42.9 Å². The lowest BCUT2D eigenvalue weighted by Gasteiger charge is -2.59. The van der Waals surface area contributed by atoms with Crippen LogP contribution in [0.2, 0.25) is 0 Å². The molecule has 5 heterocycles. The van der Waals surface area contributed by atoms with Gasteiger partial charge in [0, 0.05) is 94.6 Å². The van der Waals surface area contributed by atoms with E-state index in [2.05, 4.69) is 77.8 Å². The number of anilines is 2. The summed E-state index contributed by atoms with van der Waals surface area (Å²) >= 11 is 0. The number of aromatic nitrogens is 3. The van der Waals surface area contributed by atoms with Crippen molar-refractivity contribution in [3.05, 3.63) is 99.6 Å². The number of carbonyl (C=O) groups excluding carboxylic acids is 1. The number of hydrogen-bond donors (Lipinski definition) is 4. The second-order valence-corrected chi connectivity index (χ2v) is 24.3. The van der Waals surface area contributed by atoms with E-state index in [1.165, 1.54) is 43.2 Å². The Morgan fingerprint density at radius 3 is 2.39 bits per heavy atom. The first kappa shape index (κ1) is 53.5. The number of pyridine rings is 2. The van der Waals surface area contributed by atoms with Gasteiger partial charge in [-0.2, -0.15) is 4.98 Å². The van der Waals surface area contributed by atoms with Crippen LogP contribution in [0.1, 0.15) is 131 Å². The molecule has 3 aliphatic carbocycles. The fraction of sp³-hybridized carbons (Fsp3) is 0.554. The third-order valence-corrected chi connectivity index (χ3v) is 18.7. The van der Waals surface area contributed by atoms with Gasteiger partial charge in [0.15, 0.2) is 5.75 Å². The maximum absolute atomic E-state index is 14.9. The number of carbonyl (C=O) groups is 1. The number of aromatic amines is 1. The number of hydrogen-bond acceptors (Lipinski definition) is 15. The van der Waals surface area contributed by atoms with Crippen LogP contribution in [-0.2, 0) is 14.8 Å². The molecule has 0 bridgehead atoms. The van der Waals surface area contributed by atoms with Gasteiger partial charge >= 0.3 is 5.69 Å². The number of aliphatic hydroxyl groups is 1. The number of sulfonamides is 1. The average molecular weight is 1070 g/mol. The molecule has 1 atom stereocenters. The maximum atomic E-state index is 14.9. The summed E-state index contributed by atoms with van der Waals surface area (Å²) in [6, 6.07) is 17.6. The monoisotopic (exact) mass is 1070 g/mol. The smallest absolute Gasteiger partial charge is 0.312 e. The summed E-state index contributed by atoms with van der Waals surface area (Å²) < 4.78 is 62.4. The van der Waals surface area contributed by atoms with Crippen molar-refractivity contribution >= 4 is 44.2 Å². The lowest BCUT2D eigenvalue weighted by Crippen LogP contribution is -2.61. The summed E-state index contributed by atoms with van der Waals surface area (Å²) in [5.74, 6) is -1.29. The largest absolute Gasteiger partial charge is 0.478 e. The van der Waals surface area contributed by atoms with Gasteiger partial charge in [-0.05, 0) is 124 Å². The highest BCUT2D eigenvalue weighted by Crippen LogP contribution is 2.54. The summed E-state index contributed by atoms with van der Waals surface area (Å²) in [6.07, 6.45) is 13.9. The number of nitro groups is 1. The highest BCUT2D eigenvalue weighted by Gasteiger charge is 2.50. The van der Waals surface area contributed by atoms with Crippen LogP contribution in [0.3, 0.4) is 0 Å². The molecular weight excluding hydrogens is 994 g/mol. The second kappa shape index (κ2) is 21.8. The average Bonchev–Trinajstić information content (AvgIpc) is 3.83. The number of piperidine rings is 1. The highest BCUT2D eigenvalue weighted by molar-refractivity contribution is 7.90. The fourth-order valence-corrected chi connectivity index (χ4v) is 13.7. The van der Waals surface area contributed by atoms with Crippen molar-refractivity contribution < 1.29 is 41.8 Å². The number of fused-ring (bicyclic) bond motifs is 1. The minimum atomic E-state index is -4.74. The van der Waals surface area contributed by atoms with E-state index in [1.807, 2.05) is 7.11 Å². The zero-order valence-electron chi connectivity index (χ0n) is 44.2. The number of benzene rings is 2. The molecule has 76 heavy (non-hydrogen) atoms. The van der Waals surface area contributed by atoms with Crippen LogP contribution >= 0.6 is 0 Å². The van der Waals surface area contributed by atoms with Crippen molar-refractivity contribution in [3.63, 3.8) is 0 Å². The van der Waals surface area contributed by atoms with E-state index in [-0.39, 0.29) is 51.1 Å². The van der Waals surface area contributed by atoms with E-state index >= 15 is 0 Å². The molecular formula is C56H72FN9O9S. The van der Waals surface area contributed by atoms with Crippen LogP contribution in [0.15, 0.2) is 71.9 Å². The SMILES string of the molecule is COc1nc2[nH]cc(F)c2cc1Oc1cc(N2CCC3(CC2)CC(N2CCN(C4CCC(OC)CC4)C[C@H]2c2ccccc2C(C)C)C3)ccc1C(=O)NS(=O)(=O)c1cnc(NCC2CCC(C)(O)CC2)c([N+](=O)[O-])c1. The lowest BCUT2D eigenvalue weighted by molar-refractivity contribution is -0.384. The van der Waals surface area contributed by atoms with Crippen molar-refractivity contribution in [2.24, 2.45) is 11.3 Å². The third kappa shape index (κ3) is 11.2. The van der Waals surface area contributed by atoms with Crippen LogP contribution < -0.4 is 24.4 Å². The molecule has 3 aromatic heterocycles. The molecule has 5 fully saturated rings. The number of methoxy groups -OCH3 is 2. The Labute approximate surface area is 444 Å². The number of rotatable bonds is 16. The highest BCUT2D eigenvalue weighted by atomic mass is 32.2. The van der Waals surface area contributed by atoms with Gasteiger partial charge in [-0.25, -0.2) is 22.5 Å². The molecule has 2 aromatic carbocycles. The summed E-state index contributed by atoms with van der Waals surface area (Å²) in [5.41, 5.74) is 2.52. The summed E-state index contributed by atoms with van der Waals surface area (Å²) in [4.78, 5) is 44.2. The van der Waals surface area contributed by atoms with Crippen molar-refractivity contribution in [1.82, 2.24) is 29.5 Å². The maximum Gasteiger partial charge on any atom is 0.312 e. The van der Waals surface area contributed by atoms with E-state index in [4.69, 9.17) is 14.2 Å². The minimum absolute atomic E-state index is 0.00817. The summed E-state index contributed by atoms with van der Waals surface area (Å²) in [6.45, 7) is 11.3. The number of halogens is 1. The van der Waals surface area contributed by atoms with Crippen molar-refractivity contribution in [3.8, 4) is 17.4 Å². The summed E-state index contributed by atoms with van der Waals surface area (Å²) in [7, 11) is -1.52. The van der Waals surface area contributed by atoms with Gasteiger partial charge < -0.3 is 34.5 Å². The van der Waals surface area contributed by atoms with Crippen LogP contribution in [0.4, 0.5) is 21.6 Å².